The third-order valence-electron chi connectivity index (χ3n) is 4.00. The van der Waals surface area contributed by atoms with Crippen LogP contribution in [-0.2, 0) is 28.7 Å². The zero-order valence-corrected chi connectivity index (χ0v) is 16.0. The van der Waals surface area contributed by atoms with Crippen LogP contribution < -0.4 is 16.4 Å². The minimum Gasteiger partial charge on any atom is -0.468 e. The molecule has 152 valence electrons. The van der Waals surface area contributed by atoms with Crippen molar-refractivity contribution >= 4 is 35.3 Å². The van der Waals surface area contributed by atoms with Crippen LogP contribution in [0, 0.1) is 11.8 Å². The lowest BCUT2D eigenvalue weighted by Crippen LogP contribution is -2.52. The number of carbonyl (C=O) groups excluding carboxylic acids is 5. The second kappa shape index (κ2) is 10.0. The van der Waals surface area contributed by atoms with E-state index in [0.717, 1.165) is 14.2 Å². The topological polar surface area (TPSA) is 154 Å². The fourth-order valence-electron chi connectivity index (χ4n) is 2.60. The molecular formula is C18H23N3O7. The number of hydrogen-bond donors (Lipinski definition) is 3. The molecule has 0 saturated carbocycles. The Labute approximate surface area is 161 Å². The summed E-state index contributed by atoms with van der Waals surface area (Å²) in [4.78, 5) is 59.5. The number of anilines is 1. The van der Waals surface area contributed by atoms with Crippen molar-refractivity contribution < 1.29 is 33.4 Å². The number of ether oxygens (including phenoxy) is 2. The smallest absolute Gasteiger partial charge is 0.320 e. The van der Waals surface area contributed by atoms with Crippen molar-refractivity contribution in [3.8, 4) is 0 Å². The quantitative estimate of drug-likeness (QED) is 0.409. The Morgan fingerprint density at radius 1 is 1.04 bits per heavy atom. The number of primary amides is 1. The largest absolute Gasteiger partial charge is 0.468 e. The molecule has 2 atom stereocenters. The number of esters is 2. The van der Waals surface area contributed by atoms with E-state index in [-0.39, 0.29) is 11.5 Å². The number of nitrogens with two attached hydrogens (primary N) is 1. The van der Waals surface area contributed by atoms with Gasteiger partial charge in [-0.1, -0.05) is 13.0 Å². The minimum absolute atomic E-state index is 0.136. The average Bonchev–Trinajstić information content (AvgIpc) is 2.64. The Morgan fingerprint density at radius 2 is 1.61 bits per heavy atom. The van der Waals surface area contributed by atoms with Gasteiger partial charge < -0.3 is 25.8 Å². The molecular weight excluding hydrogens is 370 g/mol. The van der Waals surface area contributed by atoms with E-state index >= 15 is 0 Å². The van der Waals surface area contributed by atoms with Gasteiger partial charge >= 0.3 is 11.9 Å². The molecule has 0 heterocycles. The molecule has 1 aromatic carbocycles. The zero-order valence-electron chi connectivity index (χ0n) is 16.0. The maximum absolute atomic E-state index is 12.5. The predicted molar refractivity (Wildman–Crippen MR) is 97.9 cm³/mol. The van der Waals surface area contributed by atoms with Crippen LogP contribution >= 0.6 is 0 Å². The van der Waals surface area contributed by atoms with Gasteiger partial charge in [-0.3, -0.25) is 24.0 Å². The summed E-state index contributed by atoms with van der Waals surface area (Å²) in [5, 5.41) is 4.94. The number of nitrogens with one attached hydrogen (secondary N) is 2. The van der Waals surface area contributed by atoms with E-state index in [9.17, 15) is 24.0 Å². The normalized spacial score (nSPS) is 12.5. The van der Waals surface area contributed by atoms with Crippen LogP contribution in [0.5, 0.6) is 0 Å². The molecule has 0 spiro atoms. The van der Waals surface area contributed by atoms with Gasteiger partial charge in [0.25, 0.3) is 5.91 Å². The molecule has 10 nitrogen and oxygen atoms in total. The van der Waals surface area contributed by atoms with Gasteiger partial charge in [0.15, 0.2) is 5.92 Å². The van der Waals surface area contributed by atoms with Crippen molar-refractivity contribution in [3.63, 3.8) is 0 Å². The minimum atomic E-state index is -1.46. The highest BCUT2D eigenvalue weighted by Crippen LogP contribution is 2.20. The molecule has 0 bridgehead atoms. The maximum atomic E-state index is 12.5. The molecule has 4 N–H and O–H groups in total. The second-order valence-electron chi connectivity index (χ2n) is 6.00. The first-order valence-corrected chi connectivity index (χ1v) is 8.25. The Morgan fingerprint density at radius 3 is 2.07 bits per heavy atom. The number of methoxy groups -OCH3 is 2. The Hall–Kier alpha value is -3.43. The van der Waals surface area contributed by atoms with Crippen molar-refractivity contribution in [1.82, 2.24) is 5.32 Å². The lowest BCUT2D eigenvalue weighted by molar-refractivity contribution is -0.162. The molecule has 0 fully saturated rings. The van der Waals surface area contributed by atoms with Gasteiger partial charge in [-0.15, -0.1) is 0 Å². The SMILES string of the molecule is COC(=O)C(C(=O)OC)[C@@H](C)[C@@H](NC(=O)c1cccc(NC(C)=O)c1)C(N)=O. The van der Waals surface area contributed by atoms with Crippen LogP contribution in [0.3, 0.4) is 0 Å². The summed E-state index contributed by atoms with van der Waals surface area (Å²) in [7, 11) is 2.16. The van der Waals surface area contributed by atoms with Crippen molar-refractivity contribution in [2.75, 3.05) is 19.5 Å². The van der Waals surface area contributed by atoms with E-state index < -0.39 is 41.6 Å². The lowest BCUT2D eigenvalue weighted by Gasteiger charge is -2.26. The van der Waals surface area contributed by atoms with Crippen molar-refractivity contribution in [3.05, 3.63) is 29.8 Å². The molecule has 0 saturated heterocycles. The molecule has 1 aromatic rings. The van der Waals surface area contributed by atoms with Gasteiger partial charge in [0.1, 0.15) is 6.04 Å². The van der Waals surface area contributed by atoms with Crippen LogP contribution in [0.15, 0.2) is 24.3 Å². The number of carbonyl (C=O) groups is 5. The molecule has 0 aliphatic carbocycles. The van der Waals surface area contributed by atoms with Crippen LogP contribution in [0.25, 0.3) is 0 Å². The molecule has 3 amide bonds. The van der Waals surface area contributed by atoms with Crippen LogP contribution in [0.4, 0.5) is 5.69 Å². The molecule has 0 aromatic heterocycles. The number of rotatable bonds is 8. The fourth-order valence-corrected chi connectivity index (χ4v) is 2.60. The monoisotopic (exact) mass is 393 g/mol. The number of benzene rings is 1. The Kier molecular flexibility index (Phi) is 8.11. The van der Waals surface area contributed by atoms with E-state index in [1.165, 1.54) is 32.0 Å². The molecule has 1 rings (SSSR count). The summed E-state index contributed by atoms with van der Waals surface area (Å²) in [5.41, 5.74) is 5.88. The van der Waals surface area contributed by atoms with Gasteiger partial charge in [-0.05, 0) is 18.2 Å². The first-order valence-electron chi connectivity index (χ1n) is 8.25. The summed E-state index contributed by atoms with van der Waals surface area (Å²) in [6, 6.07) is 4.62. The summed E-state index contributed by atoms with van der Waals surface area (Å²) >= 11 is 0. The Bertz CT molecular complexity index is 762. The maximum Gasteiger partial charge on any atom is 0.320 e. The molecule has 0 radical (unpaired) electrons. The van der Waals surface area contributed by atoms with Gasteiger partial charge in [0.2, 0.25) is 11.8 Å². The van der Waals surface area contributed by atoms with Crippen LogP contribution in [0.2, 0.25) is 0 Å². The zero-order chi connectivity index (χ0) is 21.4. The van der Waals surface area contributed by atoms with Crippen molar-refractivity contribution in [1.29, 1.82) is 0 Å². The predicted octanol–water partition coefficient (Wildman–Crippen LogP) is -0.173. The van der Waals surface area contributed by atoms with Crippen molar-refractivity contribution in [2.45, 2.75) is 19.9 Å². The highest BCUT2D eigenvalue weighted by Gasteiger charge is 2.41. The summed E-state index contributed by atoms with van der Waals surface area (Å²) in [6.45, 7) is 2.71. The van der Waals surface area contributed by atoms with Crippen molar-refractivity contribution in [2.24, 2.45) is 17.6 Å². The van der Waals surface area contributed by atoms with Gasteiger partial charge in [0.05, 0.1) is 14.2 Å². The first-order chi connectivity index (χ1) is 13.1. The standard InChI is InChI=1S/C18H23N3O7/c1-9(13(17(25)27-3)18(26)28-4)14(15(19)23)21-16(24)11-6-5-7-12(8-11)20-10(2)22/h5-9,13-14H,1-4H3,(H2,19,23)(H,20,22)(H,21,24)/t9-,14-/m1/s1. The number of amides is 3. The van der Waals surface area contributed by atoms with E-state index in [0.29, 0.717) is 5.69 Å². The van der Waals surface area contributed by atoms with Crippen LogP contribution in [0.1, 0.15) is 24.2 Å². The van der Waals surface area contributed by atoms with E-state index in [1.54, 1.807) is 6.07 Å². The molecule has 0 aliphatic heterocycles. The van der Waals surface area contributed by atoms with E-state index in [1.807, 2.05) is 0 Å². The number of hydrogen-bond acceptors (Lipinski definition) is 7. The summed E-state index contributed by atoms with van der Waals surface area (Å²) in [6.07, 6.45) is 0. The fraction of sp³-hybridized carbons (Fsp3) is 0.389. The third kappa shape index (κ3) is 5.79. The molecule has 10 heteroatoms. The van der Waals surface area contributed by atoms with Gasteiger partial charge in [-0.2, -0.15) is 0 Å². The first kappa shape index (κ1) is 22.6. The molecule has 0 unspecified atom stereocenters. The van der Waals surface area contributed by atoms with Gasteiger partial charge in [-0.25, -0.2) is 0 Å². The molecule has 28 heavy (non-hydrogen) atoms. The Balaban J connectivity index is 3.10. The summed E-state index contributed by atoms with van der Waals surface area (Å²) in [5.74, 6) is -6.30. The highest BCUT2D eigenvalue weighted by molar-refractivity contribution is 6.00. The highest BCUT2D eigenvalue weighted by atomic mass is 16.5. The average molecular weight is 393 g/mol. The van der Waals surface area contributed by atoms with E-state index in [4.69, 9.17) is 5.73 Å². The molecule has 0 aliphatic rings. The van der Waals surface area contributed by atoms with E-state index in [2.05, 4.69) is 20.1 Å². The summed E-state index contributed by atoms with van der Waals surface area (Å²) < 4.78 is 9.17. The van der Waals surface area contributed by atoms with Crippen LogP contribution in [-0.4, -0.2) is 49.9 Å². The van der Waals surface area contributed by atoms with Gasteiger partial charge in [0, 0.05) is 24.1 Å². The third-order valence-corrected chi connectivity index (χ3v) is 4.00. The second-order valence-corrected chi connectivity index (χ2v) is 6.00. The lowest BCUT2D eigenvalue weighted by atomic mass is 9.86.